The quantitative estimate of drug-likeness (QED) is 0.503. The van der Waals surface area contributed by atoms with E-state index < -0.39 is 0 Å². The van der Waals surface area contributed by atoms with Gasteiger partial charge in [-0.3, -0.25) is 0 Å². The molecule has 3 aromatic rings. The molecule has 4 rings (SSSR count). The van der Waals surface area contributed by atoms with E-state index in [1.54, 1.807) is 6.07 Å². The summed E-state index contributed by atoms with van der Waals surface area (Å²) in [5, 5.41) is 8.51. The van der Waals surface area contributed by atoms with Crippen LogP contribution in [0.1, 0.15) is 29.7 Å². The SMILES string of the molecule is Fc1cccc(Cc2cc(OCC3=CCCC=C3)c(OCc3ccccc3)nn2)c1. The molecular formula is C25H23FN2O2. The summed E-state index contributed by atoms with van der Waals surface area (Å²) in [7, 11) is 0. The van der Waals surface area contributed by atoms with Crippen LogP contribution in [0.5, 0.6) is 11.6 Å². The van der Waals surface area contributed by atoms with Crippen LogP contribution in [0.3, 0.4) is 0 Å². The first-order valence-corrected chi connectivity index (χ1v) is 10.0. The molecule has 0 fully saturated rings. The van der Waals surface area contributed by atoms with Gasteiger partial charge in [0.05, 0.1) is 5.69 Å². The van der Waals surface area contributed by atoms with Crippen LogP contribution in [-0.4, -0.2) is 16.8 Å². The number of ether oxygens (including phenoxy) is 2. The minimum atomic E-state index is -0.268. The maximum absolute atomic E-state index is 13.5. The molecule has 0 atom stereocenters. The number of nitrogens with zero attached hydrogens (tertiary/aromatic N) is 2. The van der Waals surface area contributed by atoms with E-state index in [4.69, 9.17) is 9.47 Å². The average Bonchev–Trinajstić information content (AvgIpc) is 2.78. The van der Waals surface area contributed by atoms with Crippen molar-refractivity contribution in [1.82, 2.24) is 10.2 Å². The molecule has 0 radical (unpaired) electrons. The van der Waals surface area contributed by atoms with Crippen LogP contribution in [0.2, 0.25) is 0 Å². The van der Waals surface area contributed by atoms with Gasteiger partial charge < -0.3 is 9.47 Å². The minimum Gasteiger partial charge on any atom is -0.483 e. The Morgan fingerprint density at radius 1 is 0.833 bits per heavy atom. The van der Waals surface area contributed by atoms with Gasteiger partial charge in [-0.15, -0.1) is 5.10 Å². The standard InChI is InChI=1S/C25H23FN2O2/c26-22-13-7-12-21(14-22)15-23-16-24(29-17-19-8-3-1-4-9-19)25(28-27-23)30-18-20-10-5-2-6-11-20/h2-3,5-14,16H,1,4,15,17-18H2. The highest BCUT2D eigenvalue weighted by Gasteiger charge is 2.12. The molecule has 0 bridgehead atoms. The van der Waals surface area contributed by atoms with E-state index in [-0.39, 0.29) is 5.82 Å². The highest BCUT2D eigenvalue weighted by molar-refractivity contribution is 5.36. The van der Waals surface area contributed by atoms with Gasteiger partial charge in [-0.25, -0.2) is 4.39 Å². The Bertz CT molecular complexity index is 1050. The molecule has 0 saturated carbocycles. The molecule has 4 nitrogen and oxygen atoms in total. The highest BCUT2D eigenvalue weighted by Crippen LogP contribution is 2.27. The van der Waals surface area contributed by atoms with E-state index in [9.17, 15) is 4.39 Å². The van der Waals surface area contributed by atoms with Crippen molar-refractivity contribution in [3.63, 3.8) is 0 Å². The van der Waals surface area contributed by atoms with Crippen LogP contribution in [-0.2, 0) is 13.0 Å². The van der Waals surface area contributed by atoms with E-state index in [0.29, 0.717) is 37.0 Å². The van der Waals surface area contributed by atoms with Crippen molar-refractivity contribution >= 4 is 0 Å². The van der Waals surface area contributed by atoms with Crippen molar-refractivity contribution in [1.29, 1.82) is 0 Å². The predicted molar refractivity (Wildman–Crippen MR) is 114 cm³/mol. The molecule has 0 spiro atoms. The van der Waals surface area contributed by atoms with Crippen LogP contribution in [0.15, 0.2) is 84.5 Å². The first kappa shape index (κ1) is 19.8. The molecular weight excluding hydrogens is 379 g/mol. The zero-order valence-corrected chi connectivity index (χ0v) is 16.6. The molecule has 0 N–H and O–H groups in total. The zero-order chi connectivity index (χ0) is 20.6. The predicted octanol–water partition coefficient (Wildman–Crippen LogP) is 5.44. The summed E-state index contributed by atoms with van der Waals surface area (Å²) >= 11 is 0. The molecule has 1 aliphatic carbocycles. The lowest BCUT2D eigenvalue weighted by atomic mass is 10.1. The lowest BCUT2D eigenvalue weighted by Crippen LogP contribution is -2.07. The van der Waals surface area contributed by atoms with Crippen molar-refractivity contribution in [3.05, 3.63) is 107 Å². The fraction of sp³-hybridized carbons (Fsp3) is 0.200. The second-order valence-electron chi connectivity index (χ2n) is 7.13. The van der Waals surface area contributed by atoms with E-state index in [1.807, 2.05) is 42.5 Å². The molecule has 1 aliphatic rings. The molecule has 1 aromatic heterocycles. The molecule has 0 amide bonds. The molecule has 30 heavy (non-hydrogen) atoms. The molecule has 0 unspecified atom stereocenters. The summed E-state index contributed by atoms with van der Waals surface area (Å²) in [6.45, 7) is 0.807. The first-order chi connectivity index (χ1) is 14.8. The van der Waals surface area contributed by atoms with Crippen molar-refractivity contribution in [2.24, 2.45) is 0 Å². The summed E-state index contributed by atoms with van der Waals surface area (Å²) in [5.74, 6) is 0.616. The van der Waals surface area contributed by atoms with Crippen molar-refractivity contribution in [2.75, 3.05) is 6.61 Å². The topological polar surface area (TPSA) is 44.2 Å². The van der Waals surface area contributed by atoms with Gasteiger partial charge in [-0.2, -0.15) is 5.10 Å². The number of rotatable bonds is 8. The van der Waals surface area contributed by atoms with Gasteiger partial charge in [0.25, 0.3) is 5.88 Å². The molecule has 2 aromatic carbocycles. The minimum absolute atomic E-state index is 0.268. The number of benzene rings is 2. The van der Waals surface area contributed by atoms with Crippen LogP contribution in [0.25, 0.3) is 0 Å². The largest absolute Gasteiger partial charge is 0.483 e. The van der Waals surface area contributed by atoms with Gasteiger partial charge in [0.1, 0.15) is 19.0 Å². The van der Waals surface area contributed by atoms with Gasteiger partial charge >= 0.3 is 0 Å². The van der Waals surface area contributed by atoms with E-state index in [1.165, 1.54) is 12.1 Å². The number of hydrogen-bond acceptors (Lipinski definition) is 4. The number of hydrogen-bond donors (Lipinski definition) is 0. The Hall–Kier alpha value is -3.47. The Kier molecular flexibility index (Phi) is 6.50. The molecule has 5 heteroatoms. The van der Waals surface area contributed by atoms with E-state index >= 15 is 0 Å². The summed E-state index contributed by atoms with van der Waals surface area (Å²) < 4.78 is 25.4. The van der Waals surface area contributed by atoms with Crippen LogP contribution < -0.4 is 9.47 Å². The summed E-state index contributed by atoms with van der Waals surface area (Å²) in [5.41, 5.74) is 3.67. The fourth-order valence-corrected chi connectivity index (χ4v) is 3.21. The Morgan fingerprint density at radius 2 is 1.70 bits per heavy atom. The second-order valence-corrected chi connectivity index (χ2v) is 7.13. The molecule has 1 heterocycles. The van der Waals surface area contributed by atoms with Gasteiger partial charge in [-0.1, -0.05) is 60.7 Å². The zero-order valence-electron chi connectivity index (χ0n) is 16.6. The lowest BCUT2D eigenvalue weighted by Gasteiger charge is -2.14. The highest BCUT2D eigenvalue weighted by atomic mass is 19.1. The monoisotopic (exact) mass is 402 g/mol. The average molecular weight is 402 g/mol. The Balaban J connectivity index is 1.52. The lowest BCUT2D eigenvalue weighted by molar-refractivity contribution is 0.258. The number of allylic oxidation sites excluding steroid dienone is 2. The van der Waals surface area contributed by atoms with E-state index in [2.05, 4.69) is 28.4 Å². The molecule has 0 aliphatic heterocycles. The summed E-state index contributed by atoms with van der Waals surface area (Å²) in [6, 6.07) is 18.2. The van der Waals surface area contributed by atoms with Crippen molar-refractivity contribution in [2.45, 2.75) is 25.9 Å². The second kappa shape index (κ2) is 9.83. The smallest absolute Gasteiger partial charge is 0.276 e. The Morgan fingerprint density at radius 3 is 2.50 bits per heavy atom. The maximum atomic E-state index is 13.5. The van der Waals surface area contributed by atoms with Gasteiger partial charge in [0.15, 0.2) is 5.75 Å². The third-order valence-corrected chi connectivity index (χ3v) is 4.74. The Labute approximate surface area is 175 Å². The van der Waals surface area contributed by atoms with E-state index in [0.717, 1.165) is 29.5 Å². The number of aromatic nitrogens is 2. The maximum Gasteiger partial charge on any atom is 0.276 e. The first-order valence-electron chi connectivity index (χ1n) is 10.0. The van der Waals surface area contributed by atoms with Crippen LogP contribution in [0.4, 0.5) is 4.39 Å². The third-order valence-electron chi connectivity index (χ3n) is 4.74. The third kappa shape index (κ3) is 5.54. The van der Waals surface area contributed by atoms with Gasteiger partial charge in [0.2, 0.25) is 0 Å². The fourth-order valence-electron chi connectivity index (χ4n) is 3.21. The van der Waals surface area contributed by atoms with Crippen LogP contribution in [0, 0.1) is 5.82 Å². The van der Waals surface area contributed by atoms with Crippen molar-refractivity contribution < 1.29 is 13.9 Å². The van der Waals surface area contributed by atoms with Gasteiger partial charge in [0, 0.05) is 12.5 Å². The molecule has 152 valence electrons. The summed E-state index contributed by atoms with van der Waals surface area (Å²) in [4.78, 5) is 0. The van der Waals surface area contributed by atoms with Crippen LogP contribution >= 0.6 is 0 Å². The molecule has 0 saturated heterocycles. The normalized spacial score (nSPS) is 13.0. The summed E-state index contributed by atoms with van der Waals surface area (Å²) in [6.07, 6.45) is 8.94. The van der Waals surface area contributed by atoms with Gasteiger partial charge in [-0.05, 0) is 41.7 Å². The van der Waals surface area contributed by atoms with Crippen molar-refractivity contribution in [3.8, 4) is 11.6 Å². The number of halogens is 1.